The average molecular weight is 472 g/mol. The molecule has 180 valence electrons. The van der Waals surface area contributed by atoms with Crippen LogP contribution in [0.2, 0.25) is 0 Å². The molecular weight excluding hydrogens is 441 g/mol. The van der Waals surface area contributed by atoms with Crippen LogP contribution in [0.25, 0.3) is 22.3 Å². The van der Waals surface area contributed by atoms with Gasteiger partial charge in [0.05, 0.1) is 22.8 Å². The summed E-state index contributed by atoms with van der Waals surface area (Å²) >= 11 is 0. The Bertz CT molecular complexity index is 1310. The summed E-state index contributed by atoms with van der Waals surface area (Å²) in [5.41, 5.74) is 4.16. The number of hydrogen-bond donors (Lipinski definition) is 1. The number of benzene rings is 2. The molecule has 1 N–H and O–H groups in total. The summed E-state index contributed by atoms with van der Waals surface area (Å²) in [6.07, 6.45) is 3.49. The second-order valence-electron chi connectivity index (χ2n) is 9.49. The Kier molecular flexibility index (Phi) is 6.59. The van der Waals surface area contributed by atoms with Gasteiger partial charge in [0.2, 0.25) is 0 Å². The minimum atomic E-state index is -0.213. The molecule has 0 saturated carbocycles. The summed E-state index contributed by atoms with van der Waals surface area (Å²) in [6, 6.07) is 18.7. The molecule has 0 radical (unpaired) electrons. The third kappa shape index (κ3) is 5.10. The second-order valence-corrected chi connectivity index (χ2v) is 9.49. The first kappa shape index (κ1) is 23.2. The van der Waals surface area contributed by atoms with E-state index in [0.29, 0.717) is 5.56 Å². The molecule has 4 aromatic rings. The number of nitrogens with zero attached hydrogens (tertiary/aromatic N) is 4. The Morgan fingerprint density at radius 3 is 2.49 bits per heavy atom. The maximum absolute atomic E-state index is 13.5. The molecular formula is C28H30FN5O. The first-order valence-electron chi connectivity index (χ1n) is 12.2. The van der Waals surface area contributed by atoms with E-state index in [1.54, 1.807) is 6.20 Å². The van der Waals surface area contributed by atoms with Gasteiger partial charge < -0.3 is 5.32 Å². The molecule has 0 unspecified atom stereocenters. The first-order valence-corrected chi connectivity index (χ1v) is 12.2. The highest BCUT2D eigenvalue weighted by molar-refractivity contribution is 6.06. The van der Waals surface area contributed by atoms with E-state index < -0.39 is 0 Å². The summed E-state index contributed by atoms with van der Waals surface area (Å²) in [5.74, 6) is -0.301. The Morgan fingerprint density at radius 1 is 1.09 bits per heavy atom. The van der Waals surface area contributed by atoms with Crippen molar-refractivity contribution in [1.29, 1.82) is 0 Å². The third-order valence-electron chi connectivity index (χ3n) is 6.61. The fourth-order valence-corrected chi connectivity index (χ4v) is 4.69. The molecule has 1 aliphatic rings. The number of fused-ring (bicyclic) bond motifs is 1. The molecule has 1 fully saturated rings. The molecule has 0 spiro atoms. The number of rotatable bonds is 6. The number of carbonyl (C=O) groups excluding carboxylic acids is 1. The number of aromatic nitrogens is 3. The summed E-state index contributed by atoms with van der Waals surface area (Å²) < 4.78 is 15.0. The van der Waals surface area contributed by atoms with Crippen LogP contribution in [0.15, 0.2) is 66.9 Å². The van der Waals surface area contributed by atoms with E-state index in [4.69, 9.17) is 4.98 Å². The van der Waals surface area contributed by atoms with Crippen LogP contribution in [0, 0.1) is 5.82 Å². The van der Waals surface area contributed by atoms with Gasteiger partial charge in [-0.3, -0.25) is 9.69 Å². The first-order chi connectivity index (χ1) is 17.0. The molecule has 2 aromatic carbocycles. The smallest absolute Gasteiger partial charge is 0.252 e. The van der Waals surface area contributed by atoms with E-state index in [1.807, 2.05) is 53.2 Å². The van der Waals surface area contributed by atoms with Gasteiger partial charge in [0.25, 0.3) is 5.91 Å². The molecule has 7 heteroatoms. The molecule has 0 atom stereocenters. The monoisotopic (exact) mass is 471 g/mol. The van der Waals surface area contributed by atoms with Crippen LogP contribution < -0.4 is 5.32 Å². The maximum Gasteiger partial charge on any atom is 0.252 e. The number of halogens is 1. The zero-order chi connectivity index (χ0) is 24.4. The van der Waals surface area contributed by atoms with E-state index in [-0.39, 0.29) is 23.8 Å². The van der Waals surface area contributed by atoms with Crippen molar-refractivity contribution < 1.29 is 9.18 Å². The Hall–Kier alpha value is -3.58. The maximum atomic E-state index is 13.5. The highest BCUT2D eigenvalue weighted by Crippen LogP contribution is 2.27. The van der Waals surface area contributed by atoms with Crippen LogP contribution in [0.4, 0.5) is 4.39 Å². The number of pyridine rings is 1. The lowest BCUT2D eigenvalue weighted by molar-refractivity contribution is 0.0910. The van der Waals surface area contributed by atoms with Gasteiger partial charge in [-0.15, -0.1) is 0 Å². The molecule has 0 bridgehead atoms. The molecule has 1 aliphatic heterocycles. The number of likely N-dealkylation sites (tertiary alicyclic amines) is 1. The van der Waals surface area contributed by atoms with Crippen LogP contribution in [0.3, 0.4) is 0 Å². The van der Waals surface area contributed by atoms with Gasteiger partial charge in [-0.25, -0.2) is 14.1 Å². The molecule has 0 aliphatic carbocycles. The quantitative estimate of drug-likeness (QED) is 0.419. The highest BCUT2D eigenvalue weighted by Gasteiger charge is 2.24. The third-order valence-corrected chi connectivity index (χ3v) is 6.61. The predicted octanol–water partition coefficient (Wildman–Crippen LogP) is 5.21. The molecule has 3 heterocycles. The van der Waals surface area contributed by atoms with Crippen LogP contribution in [-0.2, 0) is 6.54 Å². The van der Waals surface area contributed by atoms with Crippen LogP contribution >= 0.6 is 0 Å². The molecule has 1 amide bonds. The van der Waals surface area contributed by atoms with Crippen molar-refractivity contribution in [3.8, 4) is 11.3 Å². The van der Waals surface area contributed by atoms with Gasteiger partial charge >= 0.3 is 0 Å². The normalized spacial score (nSPS) is 15.1. The molecule has 6 nitrogen and oxygen atoms in total. The summed E-state index contributed by atoms with van der Waals surface area (Å²) in [4.78, 5) is 20.7. The topological polar surface area (TPSA) is 63.1 Å². The van der Waals surface area contributed by atoms with Gasteiger partial charge in [-0.2, -0.15) is 5.10 Å². The van der Waals surface area contributed by atoms with Crippen molar-refractivity contribution in [2.45, 2.75) is 45.3 Å². The van der Waals surface area contributed by atoms with E-state index in [0.717, 1.165) is 60.3 Å². The number of hydrogen-bond acceptors (Lipinski definition) is 4. The lowest BCUT2D eigenvalue weighted by Gasteiger charge is -2.32. The van der Waals surface area contributed by atoms with Crippen LogP contribution in [-0.4, -0.2) is 44.7 Å². The molecule has 5 rings (SSSR count). The summed E-state index contributed by atoms with van der Waals surface area (Å²) in [6.45, 7) is 6.68. The zero-order valence-electron chi connectivity index (χ0n) is 20.1. The second kappa shape index (κ2) is 9.96. The minimum absolute atomic E-state index is 0.0881. The Balaban J connectivity index is 1.33. The number of piperidine rings is 1. The van der Waals surface area contributed by atoms with Gasteiger partial charge in [-0.05, 0) is 50.5 Å². The van der Waals surface area contributed by atoms with Gasteiger partial charge in [-0.1, -0.05) is 42.5 Å². The SMILES string of the molecule is CC(C)n1ncc2c(C(=O)NC3CCN(Cc4ccc(F)cc4)CC3)cc(-c3ccccc3)nc21. The Labute approximate surface area is 204 Å². The minimum Gasteiger partial charge on any atom is -0.349 e. The van der Waals surface area contributed by atoms with Crippen LogP contribution in [0.5, 0.6) is 0 Å². The lowest BCUT2D eigenvalue weighted by atomic mass is 10.0. The van der Waals surface area contributed by atoms with E-state index >= 15 is 0 Å². The average Bonchev–Trinajstić information content (AvgIpc) is 3.31. The van der Waals surface area contributed by atoms with Crippen molar-refractivity contribution in [2.24, 2.45) is 0 Å². The summed E-state index contributed by atoms with van der Waals surface area (Å²) in [5, 5.41) is 8.54. The molecule has 2 aromatic heterocycles. The van der Waals surface area contributed by atoms with Crippen molar-refractivity contribution in [2.75, 3.05) is 13.1 Å². The van der Waals surface area contributed by atoms with Gasteiger partial charge in [0, 0.05) is 37.3 Å². The lowest BCUT2D eigenvalue weighted by Crippen LogP contribution is -2.44. The van der Waals surface area contributed by atoms with E-state index in [1.165, 1.54) is 12.1 Å². The largest absolute Gasteiger partial charge is 0.349 e. The van der Waals surface area contributed by atoms with Gasteiger partial charge in [0.15, 0.2) is 5.65 Å². The van der Waals surface area contributed by atoms with Crippen molar-refractivity contribution in [3.05, 3.63) is 83.8 Å². The molecule has 35 heavy (non-hydrogen) atoms. The van der Waals surface area contributed by atoms with E-state index in [2.05, 4.69) is 29.2 Å². The Morgan fingerprint density at radius 2 is 1.80 bits per heavy atom. The fraction of sp³-hybridized carbons (Fsp3) is 0.321. The van der Waals surface area contributed by atoms with Gasteiger partial charge in [0.1, 0.15) is 5.82 Å². The fourth-order valence-electron chi connectivity index (χ4n) is 4.69. The van der Waals surface area contributed by atoms with Crippen molar-refractivity contribution >= 4 is 16.9 Å². The van der Waals surface area contributed by atoms with Crippen molar-refractivity contribution in [1.82, 2.24) is 25.0 Å². The van der Waals surface area contributed by atoms with Crippen LogP contribution in [0.1, 0.15) is 48.7 Å². The number of amides is 1. The van der Waals surface area contributed by atoms with E-state index in [9.17, 15) is 9.18 Å². The number of carbonyl (C=O) groups is 1. The highest BCUT2D eigenvalue weighted by atomic mass is 19.1. The standard InChI is InChI=1S/C28H30FN5O/c1-19(2)34-27-25(17-30-34)24(16-26(32-27)21-6-4-3-5-7-21)28(35)31-23-12-14-33(15-13-23)18-20-8-10-22(29)11-9-20/h3-11,16-17,19,23H,12-15,18H2,1-2H3,(H,31,35). The predicted molar refractivity (Wildman–Crippen MR) is 136 cm³/mol. The number of nitrogens with one attached hydrogen (secondary N) is 1. The molecule has 1 saturated heterocycles. The summed E-state index contributed by atoms with van der Waals surface area (Å²) in [7, 11) is 0. The van der Waals surface area contributed by atoms with Crippen molar-refractivity contribution in [3.63, 3.8) is 0 Å². The zero-order valence-corrected chi connectivity index (χ0v) is 20.1.